The number of nitrogens with one attached hydrogen (secondary N) is 1. The number of carboxylic acids is 1. The Morgan fingerprint density at radius 3 is 2.96 bits per heavy atom. The van der Waals surface area contributed by atoms with Crippen molar-refractivity contribution in [1.29, 1.82) is 0 Å². The highest BCUT2D eigenvalue weighted by molar-refractivity contribution is 8.01. The number of aromatic amines is 1. The lowest BCUT2D eigenvalue weighted by molar-refractivity contribution is -0.153. The Bertz CT molecular complexity index is 877. The zero-order valence-corrected chi connectivity index (χ0v) is 14.0. The van der Waals surface area contributed by atoms with Gasteiger partial charge in [-0.3, -0.25) is 29.1 Å². The first-order chi connectivity index (χ1) is 11.3. The first-order valence-corrected chi connectivity index (χ1v) is 8.77. The summed E-state index contributed by atoms with van der Waals surface area (Å²) in [4.78, 5) is 50.9. The zero-order chi connectivity index (χ0) is 17.6. The van der Waals surface area contributed by atoms with Crippen LogP contribution in [0.15, 0.2) is 26.5 Å². The Hall–Kier alpha value is -2.05. The molecule has 10 nitrogen and oxygen atoms in total. The second kappa shape index (κ2) is 5.79. The Kier molecular flexibility index (Phi) is 4.05. The van der Waals surface area contributed by atoms with Crippen LogP contribution < -0.4 is 16.9 Å². The van der Waals surface area contributed by atoms with Crippen molar-refractivity contribution in [3.63, 3.8) is 0 Å². The van der Waals surface area contributed by atoms with E-state index < -0.39 is 33.9 Å². The molecule has 1 aromatic rings. The maximum atomic E-state index is 12.4. The minimum atomic E-state index is -1.27. The molecule has 2 aliphatic rings. The van der Waals surface area contributed by atoms with E-state index in [1.807, 2.05) is 0 Å². The number of carbonyl (C=O) groups excluding carboxylic acids is 1. The summed E-state index contributed by atoms with van der Waals surface area (Å²) in [6.07, 6.45) is 1.47. The van der Waals surface area contributed by atoms with Crippen LogP contribution in [0.2, 0.25) is 0 Å². The molecule has 1 fully saturated rings. The summed E-state index contributed by atoms with van der Waals surface area (Å²) in [6.45, 7) is 0. The Labute approximate surface area is 143 Å². The molecule has 12 heteroatoms. The lowest BCUT2D eigenvalue weighted by atomic mass is 9.90. The molecular weight excluding hydrogens is 358 g/mol. The summed E-state index contributed by atoms with van der Waals surface area (Å²) in [5.41, 5.74) is 3.09. The van der Waals surface area contributed by atoms with Crippen molar-refractivity contribution < 1.29 is 14.7 Å². The number of thioether (sulfide) groups is 2. The number of aliphatic carboxylic acids is 1. The molecule has 1 saturated heterocycles. The predicted octanol–water partition coefficient (Wildman–Crippen LogP) is -1.86. The topological polar surface area (TPSA) is 151 Å². The van der Waals surface area contributed by atoms with E-state index in [2.05, 4.69) is 10.1 Å². The molecule has 2 atom stereocenters. The molecule has 3 rings (SSSR count). The van der Waals surface area contributed by atoms with Crippen LogP contribution in [0.25, 0.3) is 0 Å². The molecule has 3 heterocycles. The van der Waals surface area contributed by atoms with Crippen molar-refractivity contribution in [2.75, 3.05) is 11.5 Å². The van der Waals surface area contributed by atoms with Crippen molar-refractivity contribution in [1.82, 2.24) is 19.7 Å². The van der Waals surface area contributed by atoms with Gasteiger partial charge in [-0.1, -0.05) is 11.8 Å². The molecule has 0 bridgehead atoms. The monoisotopic (exact) mass is 371 g/mol. The van der Waals surface area contributed by atoms with Gasteiger partial charge in [0.15, 0.2) is 5.16 Å². The highest BCUT2D eigenvalue weighted by Crippen LogP contribution is 2.44. The average Bonchev–Trinajstić information content (AvgIpc) is 2.55. The number of hydrogen-bond donors (Lipinski definition) is 3. The highest BCUT2D eigenvalue weighted by atomic mass is 32.2. The standard InChI is InChI=1S/C12H13N5O5S2/c1-16-11(14-6(18)7(19)15-16)24-4-12(13)9(22)17-5(8(20)21)2-3-23-10(12)17/h2,10H,3-4,13H2,1H3,(H,15,19)(H,20,21)/t10-,12-/m0/s1. The number of rotatable bonds is 4. The van der Waals surface area contributed by atoms with Crippen molar-refractivity contribution in [2.45, 2.75) is 16.1 Å². The van der Waals surface area contributed by atoms with Crippen LogP contribution in [0.3, 0.4) is 0 Å². The maximum Gasteiger partial charge on any atom is 0.352 e. The van der Waals surface area contributed by atoms with Crippen molar-refractivity contribution in [3.8, 4) is 0 Å². The van der Waals surface area contributed by atoms with Crippen molar-refractivity contribution in [2.24, 2.45) is 12.8 Å². The van der Waals surface area contributed by atoms with Gasteiger partial charge in [0.1, 0.15) is 16.6 Å². The zero-order valence-electron chi connectivity index (χ0n) is 12.4. The number of nitrogens with two attached hydrogens (primary N) is 1. The molecule has 128 valence electrons. The maximum absolute atomic E-state index is 12.4. The Balaban J connectivity index is 1.80. The van der Waals surface area contributed by atoms with E-state index >= 15 is 0 Å². The predicted molar refractivity (Wildman–Crippen MR) is 86.6 cm³/mol. The minimum absolute atomic E-state index is 0.0654. The fourth-order valence-electron chi connectivity index (χ4n) is 2.47. The van der Waals surface area contributed by atoms with Gasteiger partial charge in [0, 0.05) is 18.6 Å². The molecule has 1 amide bonds. The van der Waals surface area contributed by atoms with Gasteiger partial charge in [0.2, 0.25) is 0 Å². The second-order valence-electron chi connectivity index (χ2n) is 5.28. The summed E-state index contributed by atoms with van der Waals surface area (Å²) in [6, 6.07) is 0. The number of β-lactam (4-membered cyclic amide) rings is 1. The Morgan fingerprint density at radius 1 is 1.58 bits per heavy atom. The van der Waals surface area contributed by atoms with Crippen molar-refractivity contribution >= 4 is 35.4 Å². The van der Waals surface area contributed by atoms with E-state index in [1.165, 1.54) is 34.5 Å². The summed E-state index contributed by atoms with van der Waals surface area (Å²) in [5.74, 6) is -1.13. The fraction of sp³-hybridized carbons (Fsp3) is 0.417. The largest absolute Gasteiger partial charge is 0.477 e. The van der Waals surface area contributed by atoms with Crippen LogP contribution in [0.1, 0.15) is 0 Å². The lowest BCUT2D eigenvalue weighted by Crippen LogP contribution is -2.78. The second-order valence-corrected chi connectivity index (χ2v) is 7.34. The van der Waals surface area contributed by atoms with Gasteiger partial charge in [-0.15, -0.1) is 11.8 Å². The van der Waals surface area contributed by atoms with Gasteiger partial charge in [-0.25, -0.2) is 4.79 Å². The van der Waals surface area contributed by atoms with Crippen LogP contribution in [0, 0.1) is 0 Å². The minimum Gasteiger partial charge on any atom is -0.477 e. The van der Waals surface area contributed by atoms with Crippen LogP contribution >= 0.6 is 23.5 Å². The van der Waals surface area contributed by atoms with E-state index in [0.29, 0.717) is 5.75 Å². The summed E-state index contributed by atoms with van der Waals surface area (Å²) >= 11 is 2.42. The van der Waals surface area contributed by atoms with Gasteiger partial charge in [0.05, 0.1) is 0 Å². The van der Waals surface area contributed by atoms with Crippen molar-refractivity contribution in [3.05, 3.63) is 32.5 Å². The van der Waals surface area contributed by atoms with Gasteiger partial charge in [-0.2, -0.15) is 4.98 Å². The quantitative estimate of drug-likeness (QED) is 0.314. The van der Waals surface area contributed by atoms with E-state index in [-0.39, 0.29) is 16.6 Å². The molecule has 0 spiro atoms. The summed E-state index contributed by atoms with van der Waals surface area (Å²) in [7, 11) is 1.51. The number of aromatic nitrogens is 3. The van der Waals surface area contributed by atoms with E-state index in [1.54, 1.807) is 0 Å². The molecule has 2 aliphatic heterocycles. The van der Waals surface area contributed by atoms with Crippen LogP contribution in [0.4, 0.5) is 0 Å². The number of carboxylic acid groups (broad SMARTS) is 1. The third-order valence-electron chi connectivity index (χ3n) is 3.69. The number of aryl methyl sites for hydroxylation is 1. The third kappa shape index (κ3) is 2.46. The number of carbonyl (C=O) groups is 2. The molecule has 0 saturated carbocycles. The van der Waals surface area contributed by atoms with Gasteiger partial charge >= 0.3 is 17.1 Å². The average molecular weight is 371 g/mol. The Morgan fingerprint density at radius 2 is 2.29 bits per heavy atom. The SMILES string of the molecule is Cn1[nH]c(=O)c(=O)nc1SC[C@]1(N)C(=O)N2C(C(=O)O)=CCS[C@H]21. The lowest BCUT2D eigenvalue weighted by Gasteiger charge is -2.54. The van der Waals surface area contributed by atoms with E-state index in [0.717, 1.165) is 11.8 Å². The number of H-pyrrole nitrogens is 1. The fourth-order valence-corrected chi connectivity index (χ4v) is 4.89. The van der Waals surface area contributed by atoms with Crippen LogP contribution in [-0.4, -0.2) is 59.1 Å². The highest BCUT2D eigenvalue weighted by Gasteiger charge is 2.61. The van der Waals surface area contributed by atoms with Gasteiger partial charge in [-0.05, 0) is 6.08 Å². The molecule has 1 aromatic heterocycles. The molecule has 0 aromatic carbocycles. The van der Waals surface area contributed by atoms with E-state index in [9.17, 15) is 19.2 Å². The normalized spacial score (nSPS) is 25.8. The summed E-state index contributed by atoms with van der Waals surface area (Å²) < 4.78 is 1.27. The molecule has 0 radical (unpaired) electrons. The molecular formula is C12H13N5O5S2. The van der Waals surface area contributed by atoms with E-state index in [4.69, 9.17) is 10.8 Å². The number of nitrogens with zero attached hydrogens (tertiary/aromatic N) is 3. The van der Waals surface area contributed by atoms with Crippen LogP contribution in [0.5, 0.6) is 0 Å². The number of amides is 1. The first kappa shape index (κ1) is 16.8. The first-order valence-electron chi connectivity index (χ1n) is 6.73. The molecule has 4 N–H and O–H groups in total. The van der Waals surface area contributed by atoms with Gasteiger partial charge in [0.25, 0.3) is 5.91 Å². The van der Waals surface area contributed by atoms with Gasteiger partial charge < -0.3 is 10.8 Å². The number of fused-ring (bicyclic) bond motifs is 1. The number of hydrogen-bond acceptors (Lipinski definition) is 8. The molecule has 0 unspecified atom stereocenters. The smallest absolute Gasteiger partial charge is 0.352 e. The third-order valence-corrected chi connectivity index (χ3v) is 6.24. The molecule has 0 aliphatic carbocycles. The van der Waals surface area contributed by atoms with Crippen LogP contribution in [-0.2, 0) is 16.6 Å². The molecule has 24 heavy (non-hydrogen) atoms. The summed E-state index contributed by atoms with van der Waals surface area (Å²) in [5, 5.41) is 11.2.